The number of hydrogen-bond acceptors (Lipinski definition) is 4. The van der Waals surface area contributed by atoms with Gasteiger partial charge in [0.05, 0.1) is 25.4 Å². The van der Waals surface area contributed by atoms with E-state index in [1.54, 1.807) is 0 Å². The molecule has 0 amide bonds. The number of ether oxygens (including phenoxy) is 2. The number of rotatable bonds is 1. The van der Waals surface area contributed by atoms with Crippen molar-refractivity contribution in [2.45, 2.75) is 30.9 Å². The largest absolute Gasteiger partial charge is 0.379 e. The van der Waals surface area contributed by atoms with Crippen LogP contribution in [-0.4, -0.2) is 62.5 Å². The van der Waals surface area contributed by atoms with E-state index in [-0.39, 0.29) is 5.60 Å². The van der Waals surface area contributed by atoms with Crippen molar-refractivity contribution in [2.75, 3.05) is 46.0 Å². The Kier molecular flexibility index (Phi) is 3.16. The minimum atomic E-state index is 0.203. The molecule has 1 unspecified atom stereocenters. The van der Waals surface area contributed by atoms with Gasteiger partial charge in [-0.15, -0.1) is 0 Å². The summed E-state index contributed by atoms with van der Waals surface area (Å²) in [6, 6.07) is 0.641. The van der Waals surface area contributed by atoms with Gasteiger partial charge in [0.1, 0.15) is 0 Å². The lowest BCUT2D eigenvalue weighted by Gasteiger charge is -2.35. The van der Waals surface area contributed by atoms with Crippen LogP contribution in [0.1, 0.15) is 19.3 Å². The van der Waals surface area contributed by atoms with Crippen LogP contribution in [-0.2, 0) is 9.47 Å². The molecule has 0 radical (unpaired) electrons. The van der Waals surface area contributed by atoms with Crippen molar-refractivity contribution in [1.29, 1.82) is 0 Å². The summed E-state index contributed by atoms with van der Waals surface area (Å²) in [6.45, 7) is 7.13. The van der Waals surface area contributed by atoms with Gasteiger partial charge in [-0.1, -0.05) is 0 Å². The molecular weight excluding hydrogens is 204 g/mol. The summed E-state index contributed by atoms with van der Waals surface area (Å²) < 4.78 is 11.5. The van der Waals surface area contributed by atoms with E-state index >= 15 is 0 Å². The highest BCUT2D eigenvalue weighted by atomic mass is 16.5. The Morgan fingerprint density at radius 1 is 1.12 bits per heavy atom. The van der Waals surface area contributed by atoms with Crippen LogP contribution in [0.15, 0.2) is 0 Å². The highest BCUT2D eigenvalue weighted by Crippen LogP contribution is 2.36. The van der Waals surface area contributed by atoms with E-state index in [0.29, 0.717) is 6.04 Å². The molecule has 0 aliphatic carbocycles. The monoisotopic (exact) mass is 226 g/mol. The molecule has 0 saturated carbocycles. The molecule has 1 atom stereocenters. The zero-order chi connectivity index (χ0) is 10.8. The molecule has 4 nitrogen and oxygen atoms in total. The number of hydrogen-bond donors (Lipinski definition) is 1. The third-order valence-corrected chi connectivity index (χ3v) is 4.27. The Balaban J connectivity index is 1.58. The van der Waals surface area contributed by atoms with Gasteiger partial charge in [0.25, 0.3) is 0 Å². The molecule has 0 aromatic carbocycles. The van der Waals surface area contributed by atoms with Crippen LogP contribution < -0.4 is 5.32 Å². The number of nitrogens with zero attached hydrogens (tertiary/aromatic N) is 1. The summed E-state index contributed by atoms with van der Waals surface area (Å²) in [5.74, 6) is 0. The summed E-state index contributed by atoms with van der Waals surface area (Å²) in [5.41, 5.74) is 0.203. The highest BCUT2D eigenvalue weighted by molar-refractivity contribution is 4.96. The quantitative estimate of drug-likeness (QED) is 0.694. The predicted molar refractivity (Wildman–Crippen MR) is 61.6 cm³/mol. The maximum absolute atomic E-state index is 6.12. The van der Waals surface area contributed by atoms with Crippen LogP contribution >= 0.6 is 0 Å². The second-order valence-corrected chi connectivity index (χ2v) is 5.25. The van der Waals surface area contributed by atoms with E-state index in [1.165, 1.54) is 19.3 Å². The molecule has 1 N–H and O–H groups in total. The molecule has 1 spiro atoms. The molecule has 3 heterocycles. The topological polar surface area (TPSA) is 33.7 Å². The van der Waals surface area contributed by atoms with Crippen molar-refractivity contribution in [2.24, 2.45) is 0 Å². The smallest absolute Gasteiger partial charge is 0.0723 e. The molecule has 0 aromatic heterocycles. The highest BCUT2D eigenvalue weighted by Gasteiger charge is 2.43. The van der Waals surface area contributed by atoms with E-state index in [2.05, 4.69) is 10.2 Å². The van der Waals surface area contributed by atoms with Gasteiger partial charge in [-0.2, -0.15) is 0 Å². The maximum Gasteiger partial charge on any atom is 0.0723 e. The van der Waals surface area contributed by atoms with Gasteiger partial charge in [-0.3, -0.25) is 4.90 Å². The van der Waals surface area contributed by atoms with E-state index in [1.807, 2.05) is 0 Å². The molecule has 3 aliphatic rings. The first-order valence-corrected chi connectivity index (χ1v) is 6.55. The summed E-state index contributed by atoms with van der Waals surface area (Å²) >= 11 is 0. The average Bonchev–Trinajstić information content (AvgIpc) is 2.75. The standard InChI is InChI=1S/C12H22N2O2/c1-3-13-4-2-12(1)9-11(10-16-12)14-5-7-15-8-6-14/h11,13H,1-10H2. The Hall–Kier alpha value is -0.160. The fourth-order valence-corrected chi connectivity index (χ4v) is 3.23. The third-order valence-electron chi connectivity index (χ3n) is 4.27. The lowest BCUT2D eigenvalue weighted by molar-refractivity contribution is -0.0221. The van der Waals surface area contributed by atoms with E-state index in [9.17, 15) is 0 Å². The van der Waals surface area contributed by atoms with Crippen molar-refractivity contribution in [1.82, 2.24) is 10.2 Å². The Bertz CT molecular complexity index is 235. The zero-order valence-corrected chi connectivity index (χ0v) is 9.91. The molecule has 3 saturated heterocycles. The van der Waals surface area contributed by atoms with Gasteiger partial charge in [-0.25, -0.2) is 0 Å². The first-order chi connectivity index (χ1) is 7.88. The first kappa shape index (κ1) is 11.0. The van der Waals surface area contributed by atoms with Crippen molar-refractivity contribution < 1.29 is 9.47 Å². The lowest BCUT2D eigenvalue weighted by atomic mass is 9.88. The van der Waals surface area contributed by atoms with Gasteiger partial charge >= 0.3 is 0 Å². The fraction of sp³-hybridized carbons (Fsp3) is 1.00. The van der Waals surface area contributed by atoms with Gasteiger partial charge in [0.2, 0.25) is 0 Å². The average molecular weight is 226 g/mol. The van der Waals surface area contributed by atoms with Crippen molar-refractivity contribution in [3.63, 3.8) is 0 Å². The molecule has 0 aromatic rings. The van der Waals surface area contributed by atoms with Crippen LogP contribution in [0.2, 0.25) is 0 Å². The molecule has 3 aliphatic heterocycles. The number of nitrogens with one attached hydrogen (secondary N) is 1. The summed E-state index contributed by atoms with van der Waals surface area (Å²) in [5, 5.41) is 3.42. The summed E-state index contributed by atoms with van der Waals surface area (Å²) in [4.78, 5) is 2.56. The number of morpholine rings is 1. The third kappa shape index (κ3) is 2.12. The van der Waals surface area contributed by atoms with Crippen LogP contribution in [0.4, 0.5) is 0 Å². The Labute approximate surface area is 97.3 Å². The van der Waals surface area contributed by atoms with Crippen LogP contribution in [0.3, 0.4) is 0 Å². The first-order valence-electron chi connectivity index (χ1n) is 6.55. The van der Waals surface area contributed by atoms with Gasteiger partial charge in [0.15, 0.2) is 0 Å². The molecule has 3 fully saturated rings. The Morgan fingerprint density at radius 2 is 1.88 bits per heavy atom. The molecule has 16 heavy (non-hydrogen) atoms. The summed E-state index contributed by atoms with van der Waals surface area (Å²) in [7, 11) is 0. The van der Waals surface area contributed by atoms with Crippen LogP contribution in [0.25, 0.3) is 0 Å². The molecule has 4 heteroatoms. The number of piperidine rings is 1. The molecule has 3 rings (SSSR count). The predicted octanol–water partition coefficient (Wildman–Crippen LogP) is 0.230. The van der Waals surface area contributed by atoms with Crippen molar-refractivity contribution in [3.8, 4) is 0 Å². The maximum atomic E-state index is 6.12. The van der Waals surface area contributed by atoms with Crippen LogP contribution in [0, 0.1) is 0 Å². The Morgan fingerprint density at radius 3 is 2.62 bits per heavy atom. The zero-order valence-electron chi connectivity index (χ0n) is 9.91. The van der Waals surface area contributed by atoms with Gasteiger partial charge in [-0.05, 0) is 32.4 Å². The second-order valence-electron chi connectivity index (χ2n) is 5.25. The minimum Gasteiger partial charge on any atom is -0.379 e. The van der Waals surface area contributed by atoms with Crippen LogP contribution in [0.5, 0.6) is 0 Å². The van der Waals surface area contributed by atoms with Gasteiger partial charge in [0, 0.05) is 19.1 Å². The summed E-state index contributed by atoms with van der Waals surface area (Å²) in [6.07, 6.45) is 3.61. The molecule has 92 valence electrons. The second kappa shape index (κ2) is 4.61. The van der Waals surface area contributed by atoms with Crippen molar-refractivity contribution >= 4 is 0 Å². The van der Waals surface area contributed by atoms with E-state index in [0.717, 1.165) is 46.0 Å². The van der Waals surface area contributed by atoms with E-state index < -0.39 is 0 Å². The SMILES string of the molecule is C1CC2(CCN1)CC(N1CCOCC1)CO2. The van der Waals surface area contributed by atoms with Gasteiger partial charge < -0.3 is 14.8 Å². The fourth-order valence-electron chi connectivity index (χ4n) is 3.23. The normalized spacial score (nSPS) is 35.6. The lowest BCUT2D eigenvalue weighted by Crippen LogP contribution is -2.46. The van der Waals surface area contributed by atoms with Crippen molar-refractivity contribution in [3.05, 3.63) is 0 Å². The van der Waals surface area contributed by atoms with E-state index in [4.69, 9.17) is 9.47 Å². The molecule has 0 bridgehead atoms. The minimum absolute atomic E-state index is 0.203. The molecular formula is C12H22N2O2.